The van der Waals surface area contributed by atoms with Gasteiger partial charge < -0.3 is 9.69 Å². The monoisotopic (exact) mass is 334 g/mol. The zero-order valence-electron chi connectivity index (χ0n) is 12.6. The van der Waals surface area contributed by atoms with Crippen LogP contribution < -0.4 is 0 Å². The summed E-state index contributed by atoms with van der Waals surface area (Å²) < 4.78 is 0. The van der Waals surface area contributed by atoms with Crippen molar-refractivity contribution in [3.05, 3.63) is 39.7 Å². The van der Waals surface area contributed by atoms with Crippen LogP contribution >= 0.6 is 22.9 Å². The molecule has 1 unspecified atom stereocenters. The maximum atomic E-state index is 11.7. The number of nitrogens with zero attached hydrogens (tertiary/aromatic N) is 2. The highest BCUT2D eigenvalue weighted by molar-refractivity contribution is 7.10. The SMILES string of the molecule is CC(C=O)(CN1CCCC1)c1nc(-c2ccc(Cl)cc2)cs1. The molecule has 5 heteroatoms. The van der Waals surface area contributed by atoms with Crippen molar-refractivity contribution >= 4 is 29.2 Å². The first-order valence-electron chi connectivity index (χ1n) is 7.51. The standard InChI is InChI=1S/C17H19ClN2OS/c1-17(12-21,11-20-8-2-3-9-20)16-19-15(10-22-16)13-4-6-14(18)7-5-13/h4-7,10,12H,2-3,8-9,11H2,1H3. The number of carbonyl (C=O) groups excluding carboxylic acids is 1. The Hall–Kier alpha value is -1.23. The highest BCUT2D eigenvalue weighted by Crippen LogP contribution is 2.31. The van der Waals surface area contributed by atoms with Crippen LogP contribution in [0.25, 0.3) is 11.3 Å². The van der Waals surface area contributed by atoms with Crippen LogP contribution in [0.5, 0.6) is 0 Å². The van der Waals surface area contributed by atoms with E-state index in [1.165, 1.54) is 12.8 Å². The first-order valence-corrected chi connectivity index (χ1v) is 8.77. The summed E-state index contributed by atoms with van der Waals surface area (Å²) in [5.74, 6) is 0. The van der Waals surface area contributed by atoms with E-state index >= 15 is 0 Å². The van der Waals surface area contributed by atoms with Crippen LogP contribution in [0.2, 0.25) is 5.02 Å². The lowest BCUT2D eigenvalue weighted by Gasteiger charge is -2.26. The number of hydrogen-bond donors (Lipinski definition) is 0. The molecule has 0 bridgehead atoms. The molecule has 3 rings (SSSR count). The van der Waals surface area contributed by atoms with E-state index in [0.29, 0.717) is 5.02 Å². The van der Waals surface area contributed by atoms with Gasteiger partial charge in [-0.3, -0.25) is 0 Å². The highest BCUT2D eigenvalue weighted by Gasteiger charge is 2.33. The number of carbonyl (C=O) groups is 1. The van der Waals surface area contributed by atoms with Gasteiger partial charge in [-0.1, -0.05) is 23.7 Å². The lowest BCUT2D eigenvalue weighted by molar-refractivity contribution is -0.112. The predicted octanol–water partition coefficient (Wildman–Crippen LogP) is 4.02. The second-order valence-corrected chi connectivity index (χ2v) is 7.36. The Kier molecular flexibility index (Phi) is 4.62. The molecule has 1 aromatic carbocycles. The molecule has 0 saturated carbocycles. The van der Waals surface area contributed by atoms with Gasteiger partial charge in [-0.15, -0.1) is 11.3 Å². The molecular formula is C17H19ClN2OS. The van der Waals surface area contributed by atoms with Gasteiger partial charge in [0.25, 0.3) is 0 Å². The fourth-order valence-electron chi connectivity index (χ4n) is 2.85. The second kappa shape index (κ2) is 6.49. The highest BCUT2D eigenvalue weighted by atomic mass is 35.5. The zero-order chi connectivity index (χ0) is 15.6. The fourth-order valence-corrected chi connectivity index (χ4v) is 3.92. The minimum atomic E-state index is -0.528. The van der Waals surface area contributed by atoms with Crippen molar-refractivity contribution in [2.24, 2.45) is 0 Å². The third kappa shape index (κ3) is 3.24. The van der Waals surface area contributed by atoms with E-state index in [1.54, 1.807) is 11.3 Å². The van der Waals surface area contributed by atoms with Crippen molar-refractivity contribution in [2.45, 2.75) is 25.2 Å². The van der Waals surface area contributed by atoms with Crippen LogP contribution in [-0.4, -0.2) is 35.8 Å². The van der Waals surface area contributed by atoms with Crippen molar-refractivity contribution < 1.29 is 4.79 Å². The Bertz CT molecular complexity index is 649. The van der Waals surface area contributed by atoms with Gasteiger partial charge in [0, 0.05) is 22.5 Å². The lowest BCUT2D eigenvalue weighted by atomic mass is 9.93. The quantitative estimate of drug-likeness (QED) is 0.774. The first kappa shape index (κ1) is 15.7. The third-order valence-electron chi connectivity index (χ3n) is 4.14. The Morgan fingerprint density at radius 1 is 1.32 bits per heavy atom. The van der Waals surface area contributed by atoms with Crippen LogP contribution in [0, 0.1) is 0 Å². The molecule has 0 aliphatic carbocycles. The van der Waals surface area contributed by atoms with E-state index in [-0.39, 0.29) is 0 Å². The summed E-state index contributed by atoms with van der Waals surface area (Å²) >= 11 is 7.49. The Balaban J connectivity index is 1.83. The molecule has 1 aliphatic rings. The molecule has 116 valence electrons. The molecule has 1 saturated heterocycles. The van der Waals surface area contributed by atoms with Gasteiger partial charge in [-0.25, -0.2) is 4.98 Å². The number of rotatable bonds is 5. The van der Waals surface area contributed by atoms with E-state index in [1.807, 2.05) is 36.6 Å². The van der Waals surface area contributed by atoms with Gasteiger partial charge in [-0.2, -0.15) is 0 Å². The van der Waals surface area contributed by atoms with Gasteiger partial charge in [0.2, 0.25) is 0 Å². The zero-order valence-corrected chi connectivity index (χ0v) is 14.2. The summed E-state index contributed by atoms with van der Waals surface area (Å²) in [4.78, 5) is 18.8. The largest absolute Gasteiger partial charge is 0.302 e. The molecule has 3 nitrogen and oxygen atoms in total. The number of aromatic nitrogens is 1. The molecule has 1 aromatic heterocycles. The minimum absolute atomic E-state index is 0.528. The second-order valence-electron chi connectivity index (χ2n) is 6.06. The smallest absolute Gasteiger partial charge is 0.133 e. The molecule has 2 heterocycles. The van der Waals surface area contributed by atoms with Crippen molar-refractivity contribution in [1.82, 2.24) is 9.88 Å². The summed E-state index contributed by atoms with van der Waals surface area (Å²) in [7, 11) is 0. The summed E-state index contributed by atoms with van der Waals surface area (Å²) in [5.41, 5.74) is 1.41. The number of likely N-dealkylation sites (tertiary alicyclic amines) is 1. The van der Waals surface area contributed by atoms with Crippen molar-refractivity contribution in [3.63, 3.8) is 0 Å². The van der Waals surface area contributed by atoms with Gasteiger partial charge >= 0.3 is 0 Å². The van der Waals surface area contributed by atoms with E-state index in [9.17, 15) is 4.79 Å². The van der Waals surface area contributed by atoms with Crippen LogP contribution in [-0.2, 0) is 10.2 Å². The summed E-state index contributed by atoms with van der Waals surface area (Å²) in [6.45, 7) is 4.91. The van der Waals surface area contributed by atoms with Crippen molar-refractivity contribution in [3.8, 4) is 11.3 Å². The minimum Gasteiger partial charge on any atom is -0.302 e. The summed E-state index contributed by atoms with van der Waals surface area (Å²) in [6.07, 6.45) is 3.50. The molecule has 0 N–H and O–H groups in total. The van der Waals surface area contributed by atoms with E-state index in [4.69, 9.17) is 16.6 Å². The Morgan fingerprint density at radius 3 is 2.64 bits per heavy atom. The van der Waals surface area contributed by atoms with Gasteiger partial charge in [0.15, 0.2) is 0 Å². The summed E-state index contributed by atoms with van der Waals surface area (Å²) in [6, 6.07) is 7.64. The van der Waals surface area contributed by atoms with Crippen LogP contribution in [0.1, 0.15) is 24.8 Å². The molecule has 0 radical (unpaired) electrons. The molecule has 0 spiro atoms. The van der Waals surface area contributed by atoms with Crippen LogP contribution in [0.3, 0.4) is 0 Å². The van der Waals surface area contributed by atoms with E-state index in [0.717, 1.165) is 42.2 Å². The third-order valence-corrected chi connectivity index (χ3v) is 5.52. The van der Waals surface area contributed by atoms with E-state index in [2.05, 4.69) is 4.90 Å². The maximum absolute atomic E-state index is 11.7. The average molecular weight is 335 g/mol. The molecule has 0 amide bonds. The molecule has 22 heavy (non-hydrogen) atoms. The number of hydrogen-bond acceptors (Lipinski definition) is 4. The van der Waals surface area contributed by atoms with Crippen LogP contribution in [0.15, 0.2) is 29.6 Å². The first-order chi connectivity index (χ1) is 10.6. The topological polar surface area (TPSA) is 33.2 Å². The van der Waals surface area contributed by atoms with Gasteiger partial charge in [-0.05, 0) is 45.0 Å². The molecule has 2 aromatic rings. The molecule has 1 aliphatic heterocycles. The maximum Gasteiger partial charge on any atom is 0.133 e. The Morgan fingerprint density at radius 2 is 2.00 bits per heavy atom. The summed E-state index contributed by atoms with van der Waals surface area (Å²) in [5, 5.41) is 3.62. The molecule has 1 fully saturated rings. The lowest BCUT2D eigenvalue weighted by Crippen LogP contribution is -2.38. The predicted molar refractivity (Wildman–Crippen MR) is 91.7 cm³/mol. The molecular weight excluding hydrogens is 316 g/mol. The van der Waals surface area contributed by atoms with Crippen molar-refractivity contribution in [2.75, 3.05) is 19.6 Å². The number of halogens is 1. The van der Waals surface area contributed by atoms with Crippen LogP contribution in [0.4, 0.5) is 0 Å². The van der Waals surface area contributed by atoms with Crippen molar-refractivity contribution in [1.29, 1.82) is 0 Å². The Labute approximate surface area is 139 Å². The van der Waals surface area contributed by atoms with Gasteiger partial charge in [0.1, 0.15) is 11.3 Å². The average Bonchev–Trinajstić information content (AvgIpc) is 3.19. The van der Waals surface area contributed by atoms with E-state index < -0.39 is 5.41 Å². The van der Waals surface area contributed by atoms with Gasteiger partial charge in [0.05, 0.1) is 11.1 Å². The number of benzene rings is 1. The molecule has 1 atom stereocenters. The number of aldehydes is 1. The normalized spacial score (nSPS) is 18.3. The number of thiazole rings is 1. The fraction of sp³-hybridized carbons (Fsp3) is 0.412.